The van der Waals surface area contributed by atoms with Gasteiger partial charge >= 0.3 is 5.97 Å². The van der Waals surface area contributed by atoms with E-state index < -0.39 is 5.41 Å². The number of methoxy groups -OCH3 is 2. The Bertz CT molecular complexity index is 1050. The van der Waals surface area contributed by atoms with Crippen molar-refractivity contribution in [1.29, 1.82) is 5.26 Å². The van der Waals surface area contributed by atoms with E-state index >= 15 is 0 Å². The highest BCUT2D eigenvalue weighted by Gasteiger charge is 2.36. The quantitative estimate of drug-likeness (QED) is 0.202. The highest BCUT2D eigenvalue weighted by Crippen LogP contribution is 2.38. The Labute approximate surface area is 215 Å². The lowest BCUT2D eigenvalue weighted by Crippen LogP contribution is -2.32. The van der Waals surface area contributed by atoms with Crippen molar-refractivity contribution < 1.29 is 23.8 Å². The van der Waals surface area contributed by atoms with Gasteiger partial charge in [-0.3, -0.25) is 4.79 Å². The first-order valence-electron chi connectivity index (χ1n) is 12.3. The second kappa shape index (κ2) is 14.4. The maximum atomic E-state index is 12.2. The van der Waals surface area contributed by atoms with Gasteiger partial charge in [-0.15, -0.1) is 0 Å². The van der Waals surface area contributed by atoms with Gasteiger partial charge in [-0.1, -0.05) is 32.0 Å². The van der Waals surface area contributed by atoms with Crippen LogP contribution in [0.2, 0.25) is 0 Å². The summed E-state index contributed by atoms with van der Waals surface area (Å²) in [7, 11) is 5.16. The number of hydrogen-bond acceptors (Lipinski definition) is 7. The zero-order valence-corrected chi connectivity index (χ0v) is 22.1. The van der Waals surface area contributed by atoms with Crippen LogP contribution in [0.25, 0.3) is 0 Å². The average Bonchev–Trinajstić information content (AvgIpc) is 2.89. The molecule has 0 N–H and O–H groups in total. The molecule has 0 aliphatic heterocycles. The number of hydrogen-bond donors (Lipinski definition) is 0. The van der Waals surface area contributed by atoms with Crippen LogP contribution in [-0.4, -0.2) is 64.7 Å². The van der Waals surface area contributed by atoms with Gasteiger partial charge in [0.1, 0.15) is 12.4 Å². The summed E-state index contributed by atoms with van der Waals surface area (Å²) >= 11 is 0. The monoisotopic (exact) mass is 494 g/mol. The standard InChI is InChI=1S/C29H38N2O5/c1-22(2)29(21-30,26-11-10-25(20-32)27(19-26)35-5)13-7-14-31(3)15-12-23-8-6-9-24(18-23)28(33)36-17-16-34-4/h6,8-11,18-20,22H,7,12-17H2,1-5H3. The van der Waals surface area contributed by atoms with Crippen molar-refractivity contribution in [3.63, 3.8) is 0 Å². The van der Waals surface area contributed by atoms with E-state index in [9.17, 15) is 14.9 Å². The topological polar surface area (TPSA) is 88.9 Å². The number of esters is 1. The summed E-state index contributed by atoms with van der Waals surface area (Å²) < 4.78 is 15.5. The number of likely N-dealkylation sites (N-methyl/N-ethyl adjacent to an activating group) is 1. The molecule has 1 atom stereocenters. The minimum absolute atomic E-state index is 0.0889. The van der Waals surface area contributed by atoms with E-state index in [0.29, 0.717) is 29.9 Å². The summed E-state index contributed by atoms with van der Waals surface area (Å²) in [5.74, 6) is 0.234. The van der Waals surface area contributed by atoms with Crippen molar-refractivity contribution in [3.05, 3.63) is 64.7 Å². The van der Waals surface area contributed by atoms with E-state index in [0.717, 1.165) is 43.3 Å². The van der Waals surface area contributed by atoms with Gasteiger partial charge in [0.2, 0.25) is 0 Å². The molecular weight excluding hydrogens is 456 g/mol. The second-order valence-electron chi connectivity index (χ2n) is 9.30. The molecule has 7 nitrogen and oxygen atoms in total. The fourth-order valence-electron chi connectivity index (χ4n) is 4.32. The van der Waals surface area contributed by atoms with Crippen LogP contribution in [0.5, 0.6) is 5.75 Å². The summed E-state index contributed by atoms with van der Waals surface area (Å²) in [5.41, 5.74) is 2.28. The molecule has 194 valence electrons. The average molecular weight is 495 g/mol. The summed E-state index contributed by atoms with van der Waals surface area (Å²) in [4.78, 5) is 25.7. The molecule has 7 heteroatoms. The van der Waals surface area contributed by atoms with Crippen LogP contribution in [-0.2, 0) is 21.3 Å². The first kappa shape index (κ1) is 29.0. The van der Waals surface area contributed by atoms with Crippen LogP contribution in [0.1, 0.15) is 58.5 Å². The molecule has 0 saturated carbocycles. The van der Waals surface area contributed by atoms with E-state index in [1.54, 1.807) is 19.2 Å². The smallest absolute Gasteiger partial charge is 0.338 e. The largest absolute Gasteiger partial charge is 0.496 e. The highest BCUT2D eigenvalue weighted by molar-refractivity contribution is 5.89. The molecule has 36 heavy (non-hydrogen) atoms. The van der Waals surface area contributed by atoms with Crippen LogP contribution in [0.4, 0.5) is 0 Å². The Hall–Kier alpha value is -3.21. The zero-order valence-electron chi connectivity index (χ0n) is 22.1. The van der Waals surface area contributed by atoms with Crippen LogP contribution < -0.4 is 4.74 Å². The third-order valence-electron chi connectivity index (χ3n) is 6.64. The predicted molar refractivity (Wildman–Crippen MR) is 140 cm³/mol. The molecule has 2 aromatic carbocycles. The second-order valence-corrected chi connectivity index (χ2v) is 9.30. The Balaban J connectivity index is 1.97. The number of ether oxygens (including phenoxy) is 3. The number of rotatable bonds is 15. The number of aldehydes is 1. The van der Waals surface area contributed by atoms with E-state index in [4.69, 9.17) is 14.2 Å². The molecule has 2 aromatic rings. The fraction of sp³-hybridized carbons (Fsp3) is 0.483. The van der Waals surface area contributed by atoms with Crippen molar-refractivity contribution >= 4 is 12.3 Å². The number of carbonyl (C=O) groups excluding carboxylic acids is 2. The van der Waals surface area contributed by atoms with Gasteiger partial charge in [-0.2, -0.15) is 5.26 Å². The molecule has 0 aliphatic carbocycles. The Morgan fingerprint density at radius 1 is 1.14 bits per heavy atom. The van der Waals surface area contributed by atoms with E-state index in [1.165, 1.54) is 7.11 Å². The van der Waals surface area contributed by atoms with Crippen LogP contribution >= 0.6 is 0 Å². The molecule has 0 aliphatic rings. The molecule has 0 heterocycles. The van der Waals surface area contributed by atoms with Gasteiger partial charge in [0.25, 0.3) is 0 Å². The van der Waals surface area contributed by atoms with Crippen LogP contribution in [0.3, 0.4) is 0 Å². The van der Waals surface area contributed by atoms with Gasteiger partial charge in [-0.25, -0.2) is 4.79 Å². The highest BCUT2D eigenvalue weighted by atomic mass is 16.6. The van der Waals surface area contributed by atoms with Crippen LogP contribution in [0, 0.1) is 17.2 Å². The lowest BCUT2D eigenvalue weighted by molar-refractivity contribution is 0.0388. The summed E-state index contributed by atoms with van der Waals surface area (Å²) in [6, 6.07) is 15.5. The Morgan fingerprint density at radius 2 is 1.92 bits per heavy atom. The number of benzene rings is 2. The molecule has 2 rings (SSSR count). The van der Waals surface area contributed by atoms with Crippen LogP contribution in [0.15, 0.2) is 42.5 Å². The van der Waals surface area contributed by atoms with E-state index in [2.05, 4.69) is 31.9 Å². The van der Waals surface area contributed by atoms with Crippen molar-refractivity contribution in [2.45, 2.75) is 38.5 Å². The molecule has 1 unspecified atom stereocenters. The molecule has 0 spiro atoms. The first-order valence-corrected chi connectivity index (χ1v) is 12.3. The van der Waals surface area contributed by atoms with E-state index in [-0.39, 0.29) is 18.5 Å². The summed E-state index contributed by atoms with van der Waals surface area (Å²) in [5, 5.41) is 10.2. The SMILES string of the molecule is COCCOC(=O)c1cccc(CCN(C)CCCC(C#N)(c2ccc(C=O)c(OC)c2)C(C)C)c1. The third kappa shape index (κ3) is 7.64. The molecular formula is C29H38N2O5. The molecule has 0 aromatic heterocycles. The van der Waals surface area contributed by atoms with Crippen molar-refractivity contribution in [3.8, 4) is 11.8 Å². The Kier molecular flexibility index (Phi) is 11.6. The first-order chi connectivity index (χ1) is 17.3. The molecule has 0 bridgehead atoms. The zero-order chi connectivity index (χ0) is 26.6. The van der Waals surface area contributed by atoms with Gasteiger partial charge < -0.3 is 19.1 Å². The molecule has 0 amide bonds. The number of nitriles is 1. The summed E-state index contributed by atoms with van der Waals surface area (Å²) in [6.45, 7) is 6.37. The Morgan fingerprint density at radius 3 is 2.56 bits per heavy atom. The lowest BCUT2D eigenvalue weighted by Gasteiger charge is -2.32. The minimum atomic E-state index is -0.674. The number of nitrogens with zero attached hydrogens (tertiary/aromatic N) is 2. The molecule has 0 radical (unpaired) electrons. The normalized spacial score (nSPS) is 12.7. The maximum Gasteiger partial charge on any atom is 0.338 e. The molecule has 0 saturated heterocycles. The van der Waals surface area contributed by atoms with Crippen molar-refractivity contribution in [2.75, 3.05) is 47.6 Å². The summed E-state index contributed by atoms with van der Waals surface area (Å²) in [6.07, 6.45) is 3.10. The van der Waals surface area contributed by atoms with E-state index in [1.807, 2.05) is 30.3 Å². The fourth-order valence-corrected chi connectivity index (χ4v) is 4.32. The third-order valence-corrected chi connectivity index (χ3v) is 6.64. The van der Waals surface area contributed by atoms with Gasteiger partial charge in [-0.05, 0) is 74.2 Å². The molecule has 0 fully saturated rings. The number of carbonyl (C=O) groups is 2. The van der Waals surface area contributed by atoms with Crippen molar-refractivity contribution in [1.82, 2.24) is 4.90 Å². The van der Waals surface area contributed by atoms with Gasteiger partial charge in [0.15, 0.2) is 6.29 Å². The maximum absolute atomic E-state index is 12.2. The lowest BCUT2D eigenvalue weighted by atomic mass is 9.69. The minimum Gasteiger partial charge on any atom is -0.496 e. The predicted octanol–water partition coefficient (Wildman–Crippen LogP) is 4.68. The van der Waals surface area contributed by atoms with Gasteiger partial charge in [0, 0.05) is 13.7 Å². The van der Waals surface area contributed by atoms with Gasteiger partial charge in [0.05, 0.1) is 36.3 Å². The van der Waals surface area contributed by atoms with Crippen molar-refractivity contribution in [2.24, 2.45) is 5.92 Å².